The summed E-state index contributed by atoms with van der Waals surface area (Å²) in [4.78, 5) is 0. The molecule has 0 saturated heterocycles. The van der Waals surface area contributed by atoms with Crippen LogP contribution in [0, 0.1) is 0 Å². The van der Waals surface area contributed by atoms with Crippen LogP contribution in [0.4, 0.5) is 83.4 Å². The van der Waals surface area contributed by atoms with Crippen LogP contribution in [0.1, 0.15) is 0 Å². The second-order valence-electron chi connectivity index (χ2n) is 5.51. The molecule has 0 aliphatic carbocycles. The van der Waals surface area contributed by atoms with Crippen LogP contribution in [0.2, 0.25) is 0 Å². The van der Waals surface area contributed by atoms with Crippen molar-refractivity contribution in [2.45, 2.75) is 52.9 Å². The molecule has 0 radical (unpaired) electrons. The third-order valence-electron chi connectivity index (χ3n) is 3.41. The molecule has 0 aromatic rings. The molecule has 0 unspecified atom stereocenters. The van der Waals surface area contributed by atoms with E-state index in [1.807, 2.05) is 0 Å². The fourth-order valence-corrected chi connectivity index (χ4v) is 1.96. The van der Waals surface area contributed by atoms with Gasteiger partial charge in [-0.1, -0.05) is 0 Å². The molecule has 0 aliphatic heterocycles. The molecule has 0 aliphatic rings. The summed E-state index contributed by atoms with van der Waals surface area (Å²) in [5.41, 5.74) is 0. The SMILES string of the molecule is O=S(=O)(O)C(F)(F)C(F)(F)C(F)(F)C(F)(F)C(F)(F)C(F)(F)C(F)(F)C(F)(F)C(F)(F)F.[Zn]. The van der Waals surface area contributed by atoms with E-state index in [-0.39, 0.29) is 19.5 Å². The Bertz CT molecular complexity index is 828. The van der Waals surface area contributed by atoms with Crippen LogP contribution in [0.3, 0.4) is 0 Å². The van der Waals surface area contributed by atoms with Crippen LogP contribution in [-0.2, 0) is 29.6 Å². The van der Waals surface area contributed by atoms with Crippen molar-refractivity contribution in [3.8, 4) is 0 Å². The van der Waals surface area contributed by atoms with Crippen molar-refractivity contribution in [2.75, 3.05) is 0 Å². The number of halogens is 19. The average Bonchev–Trinajstić information content (AvgIpc) is 2.51. The predicted octanol–water partition coefficient (Wildman–Crippen LogP) is 5.47. The Morgan fingerprint density at radius 3 is 0.758 bits per heavy atom. The van der Waals surface area contributed by atoms with Gasteiger partial charge in [0.15, 0.2) is 0 Å². The Kier molecular flexibility index (Phi) is 8.46. The Balaban J connectivity index is 0. The summed E-state index contributed by atoms with van der Waals surface area (Å²) in [5, 5.41) is -7.96. The maximum absolute atomic E-state index is 13.2. The zero-order valence-corrected chi connectivity index (χ0v) is 17.8. The summed E-state index contributed by atoms with van der Waals surface area (Å²) < 4.78 is 270. The quantitative estimate of drug-likeness (QED) is 0.224. The van der Waals surface area contributed by atoms with Crippen LogP contribution in [0.15, 0.2) is 0 Å². The van der Waals surface area contributed by atoms with Crippen molar-refractivity contribution in [1.82, 2.24) is 0 Å². The molecule has 3 nitrogen and oxygen atoms in total. The van der Waals surface area contributed by atoms with E-state index in [2.05, 4.69) is 0 Å². The molecule has 0 atom stereocenters. The van der Waals surface area contributed by atoms with Crippen LogP contribution in [0.25, 0.3) is 0 Å². The van der Waals surface area contributed by atoms with Gasteiger partial charge in [-0.05, 0) is 0 Å². The minimum Gasteiger partial charge on any atom is -0.281 e. The van der Waals surface area contributed by atoms with E-state index in [4.69, 9.17) is 4.55 Å². The van der Waals surface area contributed by atoms with Crippen molar-refractivity contribution in [2.24, 2.45) is 0 Å². The fourth-order valence-electron chi connectivity index (χ4n) is 1.51. The molecular formula is C9HF19O3SZn. The zero-order chi connectivity index (χ0) is 27.0. The van der Waals surface area contributed by atoms with Gasteiger partial charge in [-0.25, -0.2) is 0 Å². The van der Waals surface area contributed by atoms with Crippen LogP contribution < -0.4 is 0 Å². The van der Waals surface area contributed by atoms with Crippen molar-refractivity contribution < 1.29 is 116 Å². The van der Waals surface area contributed by atoms with Crippen molar-refractivity contribution in [1.29, 1.82) is 0 Å². The molecule has 0 aromatic carbocycles. The third-order valence-corrected chi connectivity index (χ3v) is 4.32. The van der Waals surface area contributed by atoms with Gasteiger partial charge in [0.1, 0.15) is 0 Å². The van der Waals surface area contributed by atoms with E-state index < -0.39 is 63.0 Å². The predicted molar refractivity (Wildman–Crippen MR) is 57.2 cm³/mol. The van der Waals surface area contributed by atoms with Crippen molar-refractivity contribution >= 4 is 10.1 Å². The molecular weight excluding hydrogens is 615 g/mol. The van der Waals surface area contributed by atoms with Crippen molar-refractivity contribution in [3.63, 3.8) is 0 Å². The van der Waals surface area contributed by atoms with Gasteiger partial charge in [0.2, 0.25) is 0 Å². The van der Waals surface area contributed by atoms with Gasteiger partial charge in [-0.2, -0.15) is 91.8 Å². The number of hydrogen-bond donors (Lipinski definition) is 1. The molecule has 196 valence electrons. The smallest absolute Gasteiger partial charge is 0.281 e. The first-order valence-corrected chi connectivity index (χ1v) is 7.75. The Morgan fingerprint density at radius 2 is 0.576 bits per heavy atom. The van der Waals surface area contributed by atoms with Crippen LogP contribution in [0.5, 0.6) is 0 Å². The molecule has 0 saturated carbocycles. The Morgan fingerprint density at radius 1 is 0.394 bits per heavy atom. The summed E-state index contributed by atoms with van der Waals surface area (Å²) in [7, 11) is -8.00. The van der Waals surface area contributed by atoms with Gasteiger partial charge in [-0.15, -0.1) is 0 Å². The van der Waals surface area contributed by atoms with Gasteiger partial charge < -0.3 is 0 Å². The molecule has 24 heteroatoms. The standard InChI is InChI=1S/C9HF19O3S.Zn/c10-1(11,2(12,13)4(16,17)6(20,21)8(24,25)26)3(14,15)5(18,19)7(22,23)9(27,28)32(29,30)31;/h(H,29,30,31);. The van der Waals surface area contributed by atoms with E-state index in [1.165, 1.54) is 0 Å². The van der Waals surface area contributed by atoms with E-state index in [1.54, 1.807) is 0 Å². The number of hydrogen-bond acceptors (Lipinski definition) is 2. The largest absolute Gasteiger partial charge is 0.460 e. The van der Waals surface area contributed by atoms with E-state index in [9.17, 15) is 91.8 Å². The van der Waals surface area contributed by atoms with Crippen LogP contribution >= 0.6 is 0 Å². The molecule has 0 amide bonds. The number of rotatable bonds is 8. The van der Waals surface area contributed by atoms with Gasteiger partial charge in [-0.3, -0.25) is 4.55 Å². The summed E-state index contributed by atoms with van der Waals surface area (Å²) in [5.74, 6) is -62.2. The van der Waals surface area contributed by atoms with E-state index in [0.717, 1.165) is 0 Å². The molecule has 1 N–H and O–H groups in total. The molecule has 0 spiro atoms. The van der Waals surface area contributed by atoms with Gasteiger partial charge in [0.25, 0.3) is 0 Å². The zero-order valence-electron chi connectivity index (χ0n) is 14.1. The van der Waals surface area contributed by atoms with Crippen molar-refractivity contribution in [3.05, 3.63) is 0 Å². The summed E-state index contributed by atoms with van der Waals surface area (Å²) in [6.07, 6.45) is -7.99. The minimum atomic E-state index is -9.15. The fraction of sp³-hybridized carbons (Fsp3) is 1.00. The summed E-state index contributed by atoms with van der Waals surface area (Å²) >= 11 is 0. The summed E-state index contributed by atoms with van der Waals surface area (Å²) in [6, 6.07) is 0. The first-order chi connectivity index (χ1) is 13.2. The third kappa shape index (κ3) is 4.14. The first kappa shape index (κ1) is 34.4. The Labute approximate surface area is 179 Å². The molecule has 0 rings (SSSR count). The number of alkyl halides is 19. The van der Waals surface area contributed by atoms with E-state index >= 15 is 0 Å². The second-order valence-corrected chi connectivity index (χ2v) is 6.97. The van der Waals surface area contributed by atoms with Gasteiger partial charge in [0.05, 0.1) is 0 Å². The first-order valence-electron chi connectivity index (χ1n) is 6.31. The molecule has 0 heterocycles. The topological polar surface area (TPSA) is 54.4 Å². The average molecular weight is 616 g/mol. The molecule has 33 heavy (non-hydrogen) atoms. The maximum atomic E-state index is 13.2. The van der Waals surface area contributed by atoms with Crippen LogP contribution in [-0.4, -0.2) is 65.9 Å². The maximum Gasteiger partial charge on any atom is 0.460 e. The Hall–Kier alpha value is -0.797. The monoisotopic (exact) mass is 614 g/mol. The van der Waals surface area contributed by atoms with Gasteiger partial charge in [0, 0.05) is 19.5 Å². The molecule has 0 aromatic heterocycles. The minimum absolute atomic E-state index is 0. The van der Waals surface area contributed by atoms with E-state index in [0.29, 0.717) is 0 Å². The molecule has 0 fully saturated rings. The second kappa shape index (κ2) is 8.12. The van der Waals surface area contributed by atoms with Gasteiger partial charge >= 0.3 is 63.0 Å². The molecule has 0 bridgehead atoms. The summed E-state index contributed by atoms with van der Waals surface area (Å²) in [6.45, 7) is 0. The normalized spacial score (nSPS) is 16.5.